The van der Waals surface area contributed by atoms with Crippen LogP contribution in [0.5, 0.6) is 0 Å². The average molecular weight is 560 g/mol. The zero-order valence-corrected chi connectivity index (χ0v) is 26.5. The van der Waals surface area contributed by atoms with E-state index in [1.54, 1.807) is 9.58 Å². The molecule has 0 bridgehead atoms. The fourth-order valence-corrected chi connectivity index (χ4v) is 4.86. The van der Waals surface area contributed by atoms with E-state index in [1.165, 1.54) is 0 Å². The molecule has 0 saturated heterocycles. The summed E-state index contributed by atoms with van der Waals surface area (Å²) in [5.41, 5.74) is 5.69. The first-order valence-electron chi connectivity index (χ1n) is 15.0. The summed E-state index contributed by atoms with van der Waals surface area (Å²) in [5.74, 6) is 0.836. The van der Waals surface area contributed by atoms with Gasteiger partial charge in [0.15, 0.2) is 0 Å². The van der Waals surface area contributed by atoms with E-state index < -0.39 is 0 Å². The Kier molecular flexibility index (Phi) is 10.8. The minimum atomic E-state index is -0.256. The number of hydrogen-bond donors (Lipinski definition) is 2. The van der Waals surface area contributed by atoms with Crippen molar-refractivity contribution in [2.75, 3.05) is 23.7 Å². The lowest BCUT2D eigenvalue weighted by Crippen LogP contribution is -2.41. The fourth-order valence-electron chi connectivity index (χ4n) is 4.86. The van der Waals surface area contributed by atoms with Crippen LogP contribution in [-0.2, 0) is 10.2 Å². The number of aryl methyl sites for hydroxylation is 1. The average Bonchev–Trinajstić information content (AvgIpc) is 3.32. The number of unbranched alkanes of at least 4 members (excludes halogenated alkanes) is 2. The topological polar surface area (TPSA) is 79.3 Å². The van der Waals surface area contributed by atoms with Gasteiger partial charge >= 0.3 is 6.03 Å². The molecule has 41 heavy (non-hydrogen) atoms. The number of nitrogens with zero attached hydrogens (tertiary/aromatic N) is 3. The molecular weight excluding hydrogens is 510 g/mol. The molecule has 0 aliphatic carbocycles. The van der Waals surface area contributed by atoms with Crippen LogP contribution in [0.15, 0.2) is 48.5 Å². The van der Waals surface area contributed by atoms with Crippen LogP contribution in [0.1, 0.15) is 109 Å². The predicted molar refractivity (Wildman–Crippen MR) is 170 cm³/mol. The van der Waals surface area contributed by atoms with Crippen LogP contribution in [0.4, 0.5) is 16.3 Å². The maximum atomic E-state index is 13.7. The second-order valence-corrected chi connectivity index (χ2v) is 12.6. The van der Waals surface area contributed by atoms with Crippen molar-refractivity contribution < 1.29 is 9.59 Å². The standard InChI is InChI=1S/C34H49N5O2/c1-10-11-14-20-38(33(41)36-32-26(23(2)3)17-15-18-27(32)24(4)5)22-31(40)35-30-21-29(34(7,8)9)37-39(30)28-19-13-12-16-25(28)6/h12-13,15-19,21,23-24H,10-11,14,20,22H2,1-9H3,(H,35,40)(H,36,41). The number of urea groups is 1. The molecule has 3 aromatic rings. The van der Waals surface area contributed by atoms with Crippen LogP contribution in [0, 0.1) is 6.92 Å². The molecule has 3 amide bonds. The molecule has 222 valence electrons. The molecule has 0 atom stereocenters. The van der Waals surface area contributed by atoms with Crippen LogP contribution in [-0.4, -0.2) is 39.7 Å². The summed E-state index contributed by atoms with van der Waals surface area (Å²) in [4.78, 5) is 28.9. The number of carbonyl (C=O) groups is 2. The first kappa shape index (κ1) is 31.9. The number of nitrogens with one attached hydrogen (secondary N) is 2. The highest BCUT2D eigenvalue weighted by Crippen LogP contribution is 2.33. The highest BCUT2D eigenvalue weighted by Gasteiger charge is 2.25. The number of amides is 3. The molecule has 2 N–H and O–H groups in total. The third kappa shape index (κ3) is 8.21. The van der Waals surface area contributed by atoms with Crippen molar-refractivity contribution in [2.45, 2.75) is 98.8 Å². The lowest BCUT2D eigenvalue weighted by Gasteiger charge is -2.26. The third-order valence-electron chi connectivity index (χ3n) is 7.35. The minimum absolute atomic E-state index is 0.0553. The van der Waals surface area contributed by atoms with E-state index in [9.17, 15) is 9.59 Å². The van der Waals surface area contributed by atoms with Crippen LogP contribution in [0.25, 0.3) is 5.69 Å². The number of para-hydroxylation sites is 2. The number of benzene rings is 2. The first-order valence-corrected chi connectivity index (χ1v) is 15.0. The molecule has 2 aromatic carbocycles. The number of carbonyl (C=O) groups excluding carboxylic acids is 2. The molecule has 0 saturated carbocycles. The molecule has 7 nitrogen and oxygen atoms in total. The summed E-state index contributed by atoms with van der Waals surface area (Å²) in [7, 11) is 0. The summed E-state index contributed by atoms with van der Waals surface area (Å²) in [5, 5.41) is 11.1. The minimum Gasteiger partial charge on any atom is -0.315 e. The monoisotopic (exact) mass is 559 g/mol. The van der Waals surface area contributed by atoms with Crippen molar-refractivity contribution in [2.24, 2.45) is 0 Å². The number of hydrogen-bond acceptors (Lipinski definition) is 3. The molecule has 0 fully saturated rings. The van der Waals surface area contributed by atoms with Crippen molar-refractivity contribution >= 4 is 23.4 Å². The Bertz CT molecular complexity index is 1310. The van der Waals surface area contributed by atoms with Gasteiger partial charge in [0, 0.05) is 23.7 Å². The van der Waals surface area contributed by atoms with E-state index in [4.69, 9.17) is 5.10 Å². The Morgan fingerprint density at radius 2 is 1.56 bits per heavy atom. The lowest BCUT2D eigenvalue weighted by atomic mass is 9.92. The summed E-state index contributed by atoms with van der Waals surface area (Å²) in [6.07, 6.45) is 2.84. The Morgan fingerprint density at radius 1 is 0.927 bits per heavy atom. The van der Waals surface area contributed by atoms with Gasteiger partial charge in [0.25, 0.3) is 0 Å². The molecule has 0 aliphatic rings. The van der Waals surface area contributed by atoms with Gasteiger partial charge < -0.3 is 15.5 Å². The van der Waals surface area contributed by atoms with Gasteiger partial charge in [0.2, 0.25) is 5.91 Å². The van der Waals surface area contributed by atoms with Gasteiger partial charge in [0.05, 0.1) is 11.4 Å². The number of rotatable bonds is 11. The van der Waals surface area contributed by atoms with E-state index in [1.807, 2.05) is 37.3 Å². The maximum Gasteiger partial charge on any atom is 0.322 e. The van der Waals surface area contributed by atoms with Crippen LogP contribution in [0.2, 0.25) is 0 Å². The second kappa shape index (κ2) is 13.8. The van der Waals surface area contributed by atoms with E-state index >= 15 is 0 Å². The summed E-state index contributed by atoms with van der Waals surface area (Å²) < 4.78 is 1.79. The molecule has 1 heterocycles. The first-order chi connectivity index (χ1) is 19.3. The van der Waals surface area contributed by atoms with Crippen molar-refractivity contribution in [3.05, 3.63) is 70.9 Å². The molecular formula is C34H49N5O2. The lowest BCUT2D eigenvalue weighted by molar-refractivity contribution is -0.116. The van der Waals surface area contributed by atoms with Gasteiger partial charge in [-0.3, -0.25) is 4.79 Å². The van der Waals surface area contributed by atoms with Gasteiger partial charge in [-0.1, -0.05) is 105 Å². The van der Waals surface area contributed by atoms with Gasteiger partial charge in [-0.15, -0.1) is 0 Å². The fraction of sp³-hybridized carbons (Fsp3) is 0.500. The Labute approximate surface area is 246 Å². The highest BCUT2D eigenvalue weighted by molar-refractivity contribution is 5.97. The van der Waals surface area contributed by atoms with Gasteiger partial charge in [0.1, 0.15) is 12.4 Å². The van der Waals surface area contributed by atoms with Crippen LogP contribution >= 0.6 is 0 Å². The normalized spacial score (nSPS) is 11.7. The molecule has 3 rings (SSSR count). The zero-order chi connectivity index (χ0) is 30.3. The van der Waals surface area contributed by atoms with E-state index in [2.05, 4.69) is 84.2 Å². The van der Waals surface area contributed by atoms with Gasteiger partial charge in [-0.25, -0.2) is 9.48 Å². The predicted octanol–water partition coefficient (Wildman–Crippen LogP) is 8.39. The largest absolute Gasteiger partial charge is 0.322 e. The van der Waals surface area contributed by atoms with Crippen molar-refractivity contribution in [3.8, 4) is 5.69 Å². The molecule has 7 heteroatoms. The van der Waals surface area contributed by atoms with E-state index in [0.29, 0.717) is 12.4 Å². The molecule has 1 aromatic heterocycles. The van der Waals surface area contributed by atoms with E-state index in [0.717, 1.165) is 53.0 Å². The zero-order valence-electron chi connectivity index (χ0n) is 26.5. The van der Waals surface area contributed by atoms with Gasteiger partial charge in [-0.2, -0.15) is 5.10 Å². The summed E-state index contributed by atoms with van der Waals surface area (Å²) in [6, 6.07) is 15.8. The van der Waals surface area contributed by atoms with Crippen LogP contribution in [0.3, 0.4) is 0 Å². The second-order valence-electron chi connectivity index (χ2n) is 12.6. The van der Waals surface area contributed by atoms with Crippen molar-refractivity contribution in [3.63, 3.8) is 0 Å². The molecule has 0 unspecified atom stereocenters. The Balaban J connectivity index is 1.89. The summed E-state index contributed by atoms with van der Waals surface area (Å²) in [6.45, 7) is 19.4. The van der Waals surface area contributed by atoms with Gasteiger partial charge in [-0.05, 0) is 47.9 Å². The van der Waals surface area contributed by atoms with E-state index in [-0.39, 0.29) is 35.7 Å². The number of aromatic nitrogens is 2. The quantitative estimate of drug-likeness (QED) is 0.232. The molecule has 0 spiro atoms. The maximum absolute atomic E-state index is 13.7. The SMILES string of the molecule is CCCCCN(CC(=O)Nc1cc(C(C)(C)C)nn1-c1ccccc1C)C(=O)Nc1c(C(C)C)cccc1C(C)C. The Morgan fingerprint density at radius 3 is 2.12 bits per heavy atom. The smallest absolute Gasteiger partial charge is 0.315 e. The van der Waals surface area contributed by atoms with Crippen LogP contribution < -0.4 is 10.6 Å². The third-order valence-corrected chi connectivity index (χ3v) is 7.35. The Hall–Kier alpha value is -3.61. The highest BCUT2D eigenvalue weighted by atomic mass is 16.2. The van der Waals surface area contributed by atoms with Crippen molar-refractivity contribution in [1.29, 1.82) is 0 Å². The molecule has 0 radical (unpaired) electrons. The number of anilines is 2. The molecule has 0 aliphatic heterocycles. The van der Waals surface area contributed by atoms with Crippen molar-refractivity contribution in [1.82, 2.24) is 14.7 Å². The summed E-state index contributed by atoms with van der Waals surface area (Å²) >= 11 is 0.